The maximum Gasteiger partial charge on any atom is 0.391 e. The molecule has 0 bridgehead atoms. The molecule has 1 aliphatic carbocycles. The number of para-hydroxylation sites is 1. The average Bonchev–Trinajstić information content (AvgIpc) is 2.51. The van der Waals surface area contributed by atoms with Crippen LogP contribution in [0.1, 0.15) is 25.7 Å². The van der Waals surface area contributed by atoms with E-state index in [2.05, 4.69) is 5.32 Å². The van der Waals surface area contributed by atoms with E-state index in [9.17, 15) is 36.8 Å². The summed E-state index contributed by atoms with van der Waals surface area (Å²) in [6.45, 7) is -0.394. The zero-order chi connectivity index (χ0) is 19.8. The van der Waals surface area contributed by atoms with Crippen molar-refractivity contribution in [1.29, 1.82) is 0 Å². The molecule has 0 aromatic heterocycles. The quantitative estimate of drug-likeness (QED) is 0.514. The molecule has 8 nitrogen and oxygen atoms in total. The second-order valence-corrected chi connectivity index (χ2v) is 7.90. The molecule has 0 aliphatic heterocycles. The summed E-state index contributed by atoms with van der Waals surface area (Å²) < 4.78 is 61.7. The van der Waals surface area contributed by atoms with E-state index in [1.807, 2.05) is 0 Å². The summed E-state index contributed by atoms with van der Waals surface area (Å²) in [4.78, 5) is 9.56. The molecule has 0 radical (unpaired) electrons. The van der Waals surface area contributed by atoms with Gasteiger partial charge in [-0.05, 0) is 37.8 Å². The van der Waals surface area contributed by atoms with Crippen LogP contribution < -0.4 is 10.5 Å². The van der Waals surface area contributed by atoms with Gasteiger partial charge in [-0.15, -0.1) is 0 Å². The molecule has 1 saturated carbocycles. The highest BCUT2D eigenvalue weighted by Crippen LogP contribution is 2.42. The van der Waals surface area contributed by atoms with Gasteiger partial charge in [-0.3, -0.25) is 10.1 Å². The lowest BCUT2D eigenvalue weighted by atomic mass is 9.77. The molecule has 1 fully saturated rings. The Bertz CT molecular complexity index is 800. The molecule has 1 aliphatic rings. The highest BCUT2D eigenvalue weighted by Gasteiger charge is 2.47. The van der Waals surface area contributed by atoms with Gasteiger partial charge in [0, 0.05) is 6.54 Å². The van der Waals surface area contributed by atoms with Crippen molar-refractivity contribution in [2.45, 2.75) is 42.4 Å². The number of aliphatic hydroxyl groups is 1. The Hall–Kier alpha value is -1.92. The van der Waals surface area contributed by atoms with Crippen LogP contribution in [0.3, 0.4) is 0 Å². The molecule has 1 aromatic carbocycles. The molecule has 1 aromatic rings. The Morgan fingerprint density at radius 2 is 2.08 bits per heavy atom. The number of rotatable bonds is 5. The first-order valence-corrected chi connectivity index (χ1v) is 9.21. The number of sulfonamides is 1. The van der Waals surface area contributed by atoms with Gasteiger partial charge >= 0.3 is 11.9 Å². The van der Waals surface area contributed by atoms with E-state index in [0.717, 1.165) is 6.07 Å². The van der Waals surface area contributed by atoms with E-state index in [0.29, 0.717) is 0 Å². The van der Waals surface area contributed by atoms with Crippen LogP contribution in [0.4, 0.5) is 24.5 Å². The average molecular weight is 397 g/mol. The molecule has 146 valence electrons. The van der Waals surface area contributed by atoms with Crippen molar-refractivity contribution in [2.24, 2.45) is 11.1 Å². The van der Waals surface area contributed by atoms with Gasteiger partial charge in [0.25, 0.3) is 0 Å². The number of nitrogens with zero attached hydrogens (tertiary/aromatic N) is 1. The molecule has 2 atom stereocenters. The second-order valence-electron chi connectivity index (χ2n) is 6.37. The molecule has 0 saturated heterocycles. The van der Waals surface area contributed by atoms with Crippen LogP contribution in [-0.4, -0.2) is 36.8 Å². The minimum atomic E-state index is -4.44. The third kappa shape index (κ3) is 4.62. The maximum atomic E-state index is 12.9. The Morgan fingerprint density at radius 1 is 1.42 bits per heavy atom. The fourth-order valence-electron chi connectivity index (χ4n) is 3.12. The van der Waals surface area contributed by atoms with E-state index in [-0.39, 0.29) is 24.9 Å². The Labute approximate surface area is 147 Å². The van der Waals surface area contributed by atoms with E-state index in [1.54, 1.807) is 0 Å². The van der Waals surface area contributed by atoms with Crippen LogP contribution in [0.2, 0.25) is 0 Å². The second kappa shape index (κ2) is 7.00. The topological polar surface area (TPSA) is 136 Å². The predicted molar refractivity (Wildman–Crippen MR) is 85.9 cm³/mol. The van der Waals surface area contributed by atoms with Crippen molar-refractivity contribution in [3.63, 3.8) is 0 Å². The standard InChI is InChI=1S/C14H18F3N3O5S/c15-14(16,17)9-3-2-6-13(21,7-9)8-19-10-4-1-5-11(26(18,24)25)12(10)20(22)23/h1,4-5,9,19,21H,2-3,6-8H2,(H2,18,24,25). The molecular weight excluding hydrogens is 379 g/mol. The summed E-state index contributed by atoms with van der Waals surface area (Å²) in [5.74, 6) is -1.66. The first-order chi connectivity index (χ1) is 11.8. The number of halogens is 3. The van der Waals surface area contributed by atoms with Gasteiger partial charge in [0.1, 0.15) is 5.69 Å². The molecular formula is C14H18F3N3O5S. The van der Waals surface area contributed by atoms with Gasteiger partial charge in [-0.25, -0.2) is 13.6 Å². The highest BCUT2D eigenvalue weighted by molar-refractivity contribution is 7.89. The van der Waals surface area contributed by atoms with Gasteiger partial charge in [0.2, 0.25) is 10.0 Å². The zero-order valence-corrected chi connectivity index (χ0v) is 14.3. The van der Waals surface area contributed by atoms with Crippen LogP contribution in [0.15, 0.2) is 23.1 Å². The molecule has 0 amide bonds. The van der Waals surface area contributed by atoms with Crippen LogP contribution >= 0.6 is 0 Å². The lowest BCUT2D eigenvalue weighted by Crippen LogP contribution is -2.45. The van der Waals surface area contributed by atoms with Crippen LogP contribution in [0.25, 0.3) is 0 Å². The van der Waals surface area contributed by atoms with Crippen molar-refractivity contribution in [2.75, 3.05) is 11.9 Å². The fourth-order valence-corrected chi connectivity index (χ4v) is 3.85. The van der Waals surface area contributed by atoms with E-state index < -0.39 is 56.2 Å². The van der Waals surface area contributed by atoms with Gasteiger partial charge < -0.3 is 10.4 Å². The molecule has 12 heteroatoms. The van der Waals surface area contributed by atoms with Gasteiger partial charge in [-0.1, -0.05) is 6.07 Å². The fraction of sp³-hybridized carbons (Fsp3) is 0.571. The molecule has 0 heterocycles. The van der Waals surface area contributed by atoms with Crippen molar-refractivity contribution in [3.05, 3.63) is 28.3 Å². The summed E-state index contributed by atoms with van der Waals surface area (Å²) >= 11 is 0. The number of nitro benzene ring substituents is 1. The molecule has 0 spiro atoms. The Morgan fingerprint density at radius 3 is 2.62 bits per heavy atom. The Balaban J connectivity index is 2.25. The van der Waals surface area contributed by atoms with E-state index in [4.69, 9.17) is 5.14 Å². The van der Waals surface area contributed by atoms with Crippen molar-refractivity contribution in [3.8, 4) is 0 Å². The number of nitro groups is 1. The number of benzene rings is 1. The lowest BCUT2D eigenvalue weighted by molar-refractivity contribution is -0.386. The monoisotopic (exact) mass is 397 g/mol. The largest absolute Gasteiger partial charge is 0.391 e. The molecule has 4 N–H and O–H groups in total. The van der Waals surface area contributed by atoms with E-state index in [1.165, 1.54) is 12.1 Å². The smallest absolute Gasteiger partial charge is 0.388 e. The van der Waals surface area contributed by atoms with Crippen molar-refractivity contribution >= 4 is 21.4 Å². The summed E-state index contributed by atoms with van der Waals surface area (Å²) in [5.41, 5.74) is -2.78. The maximum absolute atomic E-state index is 12.9. The highest BCUT2D eigenvalue weighted by atomic mass is 32.2. The Kier molecular flexibility index (Phi) is 5.49. The van der Waals surface area contributed by atoms with Crippen LogP contribution in [-0.2, 0) is 10.0 Å². The normalized spacial score (nSPS) is 24.3. The zero-order valence-electron chi connectivity index (χ0n) is 13.5. The van der Waals surface area contributed by atoms with Crippen LogP contribution in [0, 0.1) is 16.0 Å². The van der Waals surface area contributed by atoms with Crippen molar-refractivity contribution < 1.29 is 31.6 Å². The minimum Gasteiger partial charge on any atom is -0.388 e. The first kappa shape index (κ1) is 20.4. The summed E-state index contributed by atoms with van der Waals surface area (Å²) in [6, 6.07) is 3.35. The van der Waals surface area contributed by atoms with Crippen molar-refractivity contribution in [1.82, 2.24) is 0 Å². The van der Waals surface area contributed by atoms with Gasteiger partial charge in [0.15, 0.2) is 4.90 Å². The number of alkyl halides is 3. The lowest BCUT2D eigenvalue weighted by Gasteiger charge is -2.37. The summed E-state index contributed by atoms with van der Waals surface area (Å²) in [5, 5.41) is 29.2. The number of nitrogens with one attached hydrogen (secondary N) is 1. The van der Waals surface area contributed by atoms with E-state index >= 15 is 0 Å². The predicted octanol–water partition coefficient (Wildman–Crippen LogP) is 2.14. The first-order valence-electron chi connectivity index (χ1n) is 7.67. The third-order valence-electron chi connectivity index (χ3n) is 4.38. The van der Waals surface area contributed by atoms with Gasteiger partial charge in [-0.2, -0.15) is 13.2 Å². The SMILES string of the molecule is NS(=O)(=O)c1cccc(NCC2(O)CCCC(C(F)(F)F)C2)c1[N+](=O)[O-]. The number of anilines is 1. The van der Waals surface area contributed by atoms with Crippen LogP contribution in [0.5, 0.6) is 0 Å². The third-order valence-corrected chi connectivity index (χ3v) is 5.32. The molecule has 2 unspecified atom stereocenters. The number of primary sulfonamides is 1. The number of hydrogen-bond acceptors (Lipinski definition) is 6. The number of nitrogens with two attached hydrogens (primary N) is 1. The number of hydrogen-bond donors (Lipinski definition) is 3. The summed E-state index contributed by atoms with van der Waals surface area (Å²) in [6.07, 6.45) is -4.82. The minimum absolute atomic E-state index is 0.0904. The summed E-state index contributed by atoms with van der Waals surface area (Å²) in [7, 11) is -4.38. The molecule has 26 heavy (non-hydrogen) atoms. The van der Waals surface area contributed by atoms with Gasteiger partial charge in [0.05, 0.1) is 16.4 Å². The molecule has 2 rings (SSSR count).